The summed E-state index contributed by atoms with van der Waals surface area (Å²) in [5.74, 6) is 0.515. The van der Waals surface area contributed by atoms with Gasteiger partial charge in [0, 0.05) is 16.5 Å². The normalized spacial score (nSPS) is 11.0. The number of nitrogens with one attached hydrogen (secondary N) is 1. The van der Waals surface area contributed by atoms with E-state index in [9.17, 15) is 4.79 Å². The van der Waals surface area contributed by atoms with Crippen molar-refractivity contribution >= 4 is 39.4 Å². The van der Waals surface area contributed by atoms with E-state index in [-0.39, 0.29) is 5.54 Å². The molecule has 1 aromatic heterocycles. The zero-order valence-electron chi connectivity index (χ0n) is 9.46. The minimum atomic E-state index is -0.457. The highest BCUT2D eigenvalue weighted by molar-refractivity contribution is 9.11. The minimum Gasteiger partial charge on any atom is -0.408 e. The summed E-state index contributed by atoms with van der Waals surface area (Å²) >= 11 is 4.80. The van der Waals surface area contributed by atoms with Crippen LogP contribution in [0.3, 0.4) is 0 Å². The van der Waals surface area contributed by atoms with Crippen LogP contribution in [-0.2, 0) is 0 Å². The van der Waals surface area contributed by atoms with E-state index in [1.807, 2.05) is 20.8 Å². The van der Waals surface area contributed by atoms with Crippen molar-refractivity contribution in [2.24, 2.45) is 0 Å². The molecule has 0 radical (unpaired) electrons. The van der Waals surface area contributed by atoms with Crippen LogP contribution in [0.15, 0.2) is 16.4 Å². The second-order valence-corrected chi connectivity index (χ2v) is 6.66. The highest BCUT2D eigenvalue weighted by Gasteiger charge is 2.17. The first kappa shape index (κ1) is 13.3. The molecule has 0 atom stereocenters. The fraction of sp³-hybridized carbons (Fsp3) is 0.364. The molecular weight excluding hydrogens is 290 g/mol. The Bertz CT molecular complexity index is 407. The van der Waals surface area contributed by atoms with Crippen molar-refractivity contribution in [3.8, 4) is 5.75 Å². The topological polar surface area (TPSA) is 38.3 Å². The zero-order chi connectivity index (χ0) is 12.3. The maximum absolute atomic E-state index is 11.5. The Labute approximate surface area is 108 Å². The van der Waals surface area contributed by atoms with Gasteiger partial charge in [0.25, 0.3) is 0 Å². The van der Waals surface area contributed by atoms with Crippen molar-refractivity contribution in [3.05, 3.63) is 21.3 Å². The van der Waals surface area contributed by atoms with Crippen LogP contribution in [0.2, 0.25) is 0 Å². The Morgan fingerprint density at radius 3 is 2.69 bits per heavy atom. The molecule has 0 aliphatic rings. The van der Waals surface area contributed by atoms with Crippen molar-refractivity contribution in [3.63, 3.8) is 0 Å². The Kier molecular flexibility index (Phi) is 4.15. The predicted molar refractivity (Wildman–Crippen MR) is 71.0 cm³/mol. The molecular formula is C11H14BrNO2S. The van der Waals surface area contributed by atoms with E-state index in [0.717, 1.165) is 8.66 Å². The molecule has 5 heteroatoms. The van der Waals surface area contributed by atoms with Crippen molar-refractivity contribution in [2.75, 3.05) is 0 Å². The molecule has 1 aromatic rings. The fourth-order valence-corrected chi connectivity index (χ4v) is 2.38. The Morgan fingerprint density at radius 1 is 1.62 bits per heavy atom. The van der Waals surface area contributed by atoms with Gasteiger partial charge in [0.1, 0.15) is 3.79 Å². The molecule has 1 rings (SSSR count). The first-order valence-electron chi connectivity index (χ1n) is 4.73. The summed E-state index contributed by atoms with van der Waals surface area (Å²) in [6.07, 6.45) is 1.26. The standard InChI is InChI=1S/C11H14BrNO2S/c1-5-7-6-8(9(12)16-7)15-10(14)13-11(2,3)4/h5-6H,1H2,2-4H3,(H,13,14). The lowest BCUT2D eigenvalue weighted by molar-refractivity contribution is 0.190. The molecule has 0 bridgehead atoms. The van der Waals surface area contributed by atoms with E-state index >= 15 is 0 Å². The average molecular weight is 304 g/mol. The van der Waals surface area contributed by atoms with Gasteiger partial charge in [-0.15, -0.1) is 11.3 Å². The number of hydrogen-bond acceptors (Lipinski definition) is 3. The SMILES string of the molecule is C=Cc1cc(OC(=O)NC(C)(C)C)c(Br)s1. The third kappa shape index (κ3) is 3.98. The number of ether oxygens (including phenoxy) is 1. The quantitative estimate of drug-likeness (QED) is 0.895. The van der Waals surface area contributed by atoms with Gasteiger partial charge in [-0.05, 0) is 36.7 Å². The van der Waals surface area contributed by atoms with Crippen LogP contribution in [0.4, 0.5) is 4.79 Å². The summed E-state index contributed by atoms with van der Waals surface area (Å²) in [6, 6.07) is 1.77. The van der Waals surface area contributed by atoms with Crippen LogP contribution in [0, 0.1) is 0 Å². The van der Waals surface area contributed by atoms with Gasteiger partial charge in [-0.1, -0.05) is 12.7 Å². The van der Waals surface area contributed by atoms with Crippen LogP contribution in [0.1, 0.15) is 25.6 Å². The van der Waals surface area contributed by atoms with Gasteiger partial charge in [-0.2, -0.15) is 0 Å². The van der Waals surface area contributed by atoms with E-state index in [0.29, 0.717) is 5.75 Å². The molecule has 0 aliphatic heterocycles. The Morgan fingerprint density at radius 2 is 2.25 bits per heavy atom. The van der Waals surface area contributed by atoms with Gasteiger partial charge >= 0.3 is 6.09 Å². The molecule has 1 heterocycles. The number of thiophene rings is 1. The molecule has 1 N–H and O–H groups in total. The smallest absolute Gasteiger partial charge is 0.408 e. The largest absolute Gasteiger partial charge is 0.413 e. The summed E-state index contributed by atoms with van der Waals surface area (Å²) in [4.78, 5) is 12.5. The summed E-state index contributed by atoms with van der Waals surface area (Å²) in [5, 5.41) is 2.72. The molecule has 0 aromatic carbocycles. The number of carbonyl (C=O) groups is 1. The van der Waals surface area contributed by atoms with Crippen molar-refractivity contribution in [1.29, 1.82) is 0 Å². The molecule has 0 unspecified atom stereocenters. The maximum atomic E-state index is 11.5. The zero-order valence-corrected chi connectivity index (χ0v) is 11.9. The summed E-state index contributed by atoms with van der Waals surface area (Å²) in [6.45, 7) is 9.34. The average Bonchev–Trinajstić information content (AvgIpc) is 2.44. The van der Waals surface area contributed by atoms with Gasteiger partial charge in [0.15, 0.2) is 5.75 Å². The molecule has 3 nitrogen and oxygen atoms in total. The molecule has 0 fully saturated rings. The molecule has 88 valence electrons. The summed E-state index contributed by atoms with van der Waals surface area (Å²) < 4.78 is 5.95. The van der Waals surface area contributed by atoms with Gasteiger partial charge in [-0.25, -0.2) is 4.79 Å². The van der Waals surface area contributed by atoms with Crippen molar-refractivity contribution in [2.45, 2.75) is 26.3 Å². The molecule has 0 saturated carbocycles. The van der Waals surface area contributed by atoms with Crippen LogP contribution in [-0.4, -0.2) is 11.6 Å². The van der Waals surface area contributed by atoms with Crippen LogP contribution < -0.4 is 10.1 Å². The first-order chi connectivity index (χ1) is 7.31. The number of halogens is 1. The molecule has 0 aliphatic carbocycles. The molecule has 0 saturated heterocycles. The summed E-state index contributed by atoms with van der Waals surface area (Å²) in [5.41, 5.74) is -0.305. The highest BCUT2D eigenvalue weighted by Crippen LogP contribution is 2.35. The molecule has 0 spiro atoms. The van der Waals surface area contributed by atoms with Crippen LogP contribution in [0.25, 0.3) is 6.08 Å². The Hall–Kier alpha value is -0.810. The monoisotopic (exact) mass is 303 g/mol. The molecule has 1 amide bonds. The summed E-state index contributed by atoms with van der Waals surface area (Å²) in [7, 11) is 0. The third-order valence-electron chi connectivity index (χ3n) is 1.56. The lowest BCUT2D eigenvalue weighted by Gasteiger charge is -2.19. The van der Waals surface area contributed by atoms with Gasteiger partial charge in [0.2, 0.25) is 0 Å². The lowest BCUT2D eigenvalue weighted by Crippen LogP contribution is -2.42. The Balaban J connectivity index is 2.69. The fourth-order valence-electron chi connectivity index (χ4n) is 0.971. The van der Waals surface area contributed by atoms with Gasteiger partial charge in [0.05, 0.1) is 0 Å². The van der Waals surface area contributed by atoms with Crippen LogP contribution in [0.5, 0.6) is 5.75 Å². The van der Waals surface area contributed by atoms with E-state index in [4.69, 9.17) is 4.74 Å². The molecule has 16 heavy (non-hydrogen) atoms. The predicted octanol–water partition coefficient (Wildman–Crippen LogP) is 4.04. The maximum Gasteiger partial charge on any atom is 0.413 e. The first-order valence-corrected chi connectivity index (χ1v) is 6.34. The van der Waals surface area contributed by atoms with Gasteiger partial charge < -0.3 is 10.1 Å². The second-order valence-electron chi connectivity index (χ2n) is 4.26. The second kappa shape index (κ2) is 5.01. The van der Waals surface area contributed by atoms with Crippen LogP contribution >= 0.6 is 27.3 Å². The van der Waals surface area contributed by atoms with Crippen molar-refractivity contribution < 1.29 is 9.53 Å². The minimum absolute atomic E-state index is 0.305. The van der Waals surface area contributed by atoms with E-state index in [2.05, 4.69) is 27.8 Å². The third-order valence-corrected chi connectivity index (χ3v) is 3.33. The number of hydrogen-bond donors (Lipinski definition) is 1. The van der Waals surface area contributed by atoms with E-state index < -0.39 is 6.09 Å². The van der Waals surface area contributed by atoms with E-state index in [1.165, 1.54) is 11.3 Å². The van der Waals surface area contributed by atoms with Gasteiger partial charge in [-0.3, -0.25) is 0 Å². The number of amides is 1. The number of rotatable bonds is 2. The number of carbonyl (C=O) groups excluding carboxylic acids is 1. The highest BCUT2D eigenvalue weighted by atomic mass is 79.9. The van der Waals surface area contributed by atoms with E-state index in [1.54, 1.807) is 12.1 Å². The van der Waals surface area contributed by atoms with Crippen molar-refractivity contribution in [1.82, 2.24) is 5.32 Å². The lowest BCUT2D eigenvalue weighted by atomic mass is 10.1.